The van der Waals surface area contributed by atoms with E-state index in [4.69, 9.17) is 11.6 Å². The number of nitrogens with zero attached hydrogens (tertiary/aromatic N) is 4. The lowest BCUT2D eigenvalue weighted by atomic mass is 10.1. The van der Waals surface area contributed by atoms with E-state index in [-0.39, 0.29) is 0 Å². The number of halogens is 5. The van der Waals surface area contributed by atoms with Crippen molar-refractivity contribution in [2.24, 2.45) is 0 Å². The molecular formula is C16H13BClF4N5. The van der Waals surface area contributed by atoms with Crippen LogP contribution in [0.25, 0.3) is 5.69 Å². The summed E-state index contributed by atoms with van der Waals surface area (Å²) in [4.78, 5) is 0. The third-order valence-corrected chi connectivity index (χ3v) is 3.82. The summed E-state index contributed by atoms with van der Waals surface area (Å²) < 4.78 is 42.9. The van der Waals surface area contributed by atoms with Crippen molar-refractivity contribution in [1.82, 2.24) is 14.8 Å². The highest BCUT2D eigenvalue weighted by Crippen LogP contribution is 2.30. The molecule has 0 aliphatic carbocycles. The van der Waals surface area contributed by atoms with Crippen LogP contribution in [0.4, 0.5) is 28.9 Å². The molecule has 140 valence electrons. The van der Waals surface area contributed by atoms with Crippen molar-refractivity contribution >= 4 is 36.7 Å². The van der Waals surface area contributed by atoms with Crippen LogP contribution in [-0.2, 0) is 0 Å². The zero-order valence-electron chi connectivity index (χ0n) is 14.0. The van der Waals surface area contributed by atoms with Gasteiger partial charge < -0.3 is 17.3 Å². The molecule has 27 heavy (non-hydrogen) atoms. The van der Waals surface area contributed by atoms with Crippen LogP contribution in [0.15, 0.2) is 48.8 Å². The van der Waals surface area contributed by atoms with Gasteiger partial charge in [0.1, 0.15) is 12.0 Å². The molecule has 1 aliphatic rings. The second-order valence-electron chi connectivity index (χ2n) is 5.67. The van der Waals surface area contributed by atoms with Crippen LogP contribution < -0.4 is 5.43 Å². The molecule has 5 nitrogen and oxygen atoms in total. The first-order chi connectivity index (χ1) is 12.7. The van der Waals surface area contributed by atoms with E-state index in [0.717, 1.165) is 22.0 Å². The minimum atomic E-state index is -6.00. The number of hydrazone groups is 1. The number of hydrazine groups is 1. The van der Waals surface area contributed by atoms with Crippen LogP contribution in [0.5, 0.6) is 0 Å². The van der Waals surface area contributed by atoms with Gasteiger partial charge in [-0.25, -0.2) is 0 Å². The van der Waals surface area contributed by atoms with E-state index in [1.165, 1.54) is 5.56 Å². The van der Waals surface area contributed by atoms with Crippen molar-refractivity contribution in [3.05, 3.63) is 64.9 Å². The SMILES string of the molecule is Cc1ccc2c(c1)/[N+](=C/c1ccc(Cl)cc1)Nc1nncn1-2.F[B-](F)(F)F. The quantitative estimate of drug-likeness (QED) is 0.370. The lowest BCUT2D eigenvalue weighted by Gasteiger charge is -2.15. The van der Waals surface area contributed by atoms with Gasteiger partial charge in [0, 0.05) is 16.7 Å². The van der Waals surface area contributed by atoms with Crippen LogP contribution in [0.3, 0.4) is 0 Å². The molecule has 0 fully saturated rings. The van der Waals surface area contributed by atoms with E-state index in [0.29, 0.717) is 5.95 Å². The minimum Gasteiger partial charge on any atom is -0.418 e. The molecule has 2 heterocycles. The Kier molecular flexibility index (Phi) is 5.18. The Hall–Kier alpha value is -2.88. The molecule has 0 radical (unpaired) electrons. The first-order valence-corrected chi connectivity index (χ1v) is 8.13. The number of aryl methyl sites for hydroxylation is 1. The molecule has 0 saturated heterocycles. The Bertz CT molecular complexity index is 979. The lowest BCUT2D eigenvalue weighted by molar-refractivity contribution is -0.402. The maximum absolute atomic E-state index is 9.75. The highest BCUT2D eigenvalue weighted by molar-refractivity contribution is 6.50. The summed E-state index contributed by atoms with van der Waals surface area (Å²) in [5.74, 6) is 0.682. The Morgan fingerprint density at radius 2 is 1.78 bits per heavy atom. The van der Waals surface area contributed by atoms with Crippen molar-refractivity contribution < 1.29 is 21.9 Å². The molecule has 0 spiro atoms. The van der Waals surface area contributed by atoms with E-state index in [1.54, 1.807) is 6.33 Å². The topological polar surface area (TPSA) is 45.8 Å². The standard InChI is InChI=1S/C16H13ClN5.BF4/c1-11-2-7-14-15(8-11)22(20-16-19-18-10-21(14)16)9-12-3-5-13(17)6-4-12;2-1(3,4)5/h2-10H,1H3,(H,19,20);/q+1;-1/b22-9-;. The molecule has 2 aromatic carbocycles. The number of benzene rings is 2. The van der Waals surface area contributed by atoms with Gasteiger partial charge in [-0.15, -0.1) is 15.6 Å². The van der Waals surface area contributed by atoms with E-state index >= 15 is 0 Å². The second-order valence-corrected chi connectivity index (χ2v) is 6.11. The zero-order chi connectivity index (χ0) is 19.6. The average molecular weight is 398 g/mol. The van der Waals surface area contributed by atoms with Gasteiger partial charge in [0.2, 0.25) is 6.21 Å². The highest BCUT2D eigenvalue weighted by atomic mass is 35.5. The Balaban J connectivity index is 0.000000376. The summed E-state index contributed by atoms with van der Waals surface area (Å²) in [7, 11) is -6.00. The van der Waals surface area contributed by atoms with E-state index in [2.05, 4.69) is 40.7 Å². The van der Waals surface area contributed by atoms with Gasteiger partial charge in [0.05, 0.1) is 0 Å². The van der Waals surface area contributed by atoms with Gasteiger partial charge in [-0.3, -0.25) is 4.57 Å². The monoisotopic (exact) mass is 397 g/mol. The number of nitrogens with one attached hydrogen (secondary N) is 1. The Labute approximate surface area is 157 Å². The van der Waals surface area contributed by atoms with E-state index in [1.807, 2.05) is 39.7 Å². The third-order valence-electron chi connectivity index (χ3n) is 3.57. The summed E-state index contributed by atoms with van der Waals surface area (Å²) in [6.07, 6.45) is 3.71. The van der Waals surface area contributed by atoms with Gasteiger partial charge >= 0.3 is 7.25 Å². The largest absolute Gasteiger partial charge is 0.673 e. The Morgan fingerprint density at radius 3 is 2.44 bits per heavy atom. The van der Waals surface area contributed by atoms with Crippen LogP contribution in [0, 0.1) is 6.92 Å². The predicted molar refractivity (Wildman–Crippen MR) is 96.4 cm³/mol. The lowest BCUT2D eigenvalue weighted by Crippen LogP contribution is -2.24. The van der Waals surface area contributed by atoms with Gasteiger partial charge in [0.15, 0.2) is 0 Å². The molecule has 1 N–H and O–H groups in total. The number of anilines is 1. The average Bonchev–Trinajstić information content (AvgIpc) is 3.04. The molecule has 3 aromatic rings. The number of hydrogen-bond acceptors (Lipinski definition) is 3. The summed E-state index contributed by atoms with van der Waals surface area (Å²) in [5.41, 5.74) is 7.56. The fourth-order valence-corrected chi connectivity index (χ4v) is 2.61. The first kappa shape index (κ1) is 18.9. The third kappa shape index (κ3) is 4.85. The number of hydrogen-bond donors (Lipinski definition) is 1. The molecule has 0 bridgehead atoms. The maximum Gasteiger partial charge on any atom is 0.673 e. The molecule has 0 atom stereocenters. The van der Waals surface area contributed by atoms with Gasteiger partial charge in [0.25, 0.3) is 11.6 Å². The molecular weight excluding hydrogens is 384 g/mol. The Morgan fingerprint density at radius 1 is 1.11 bits per heavy atom. The van der Waals surface area contributed by atoms with Crippen molar-refractivity contribution in [1.29, 1.82) is 0 Å². The maximum atomic E-state index is 9.75. The number of aromatic nitrogens is 3. The summed E-state index contributed by atoms with van der Waals surface area (Å²) in [6, 6.07) is 14.0. The summed E-state index contributed by atoms with van der Waals surface area (Å²) in [6.45, 7) is 2.07. The zero-order valence-corrected chi connectivity index (χ0v) is 14.7. The molecule has 0 amide bonds. The van der Waals surface area contributed by atoms with E-state index < -0.39 is 7.25 Å². The molecule has 0 saturated carbocycles. The predicted octanol–water partition coefficient (Wildman–Crippen LogP) is 4.63. The molecule has 1 aromatic heterocycles. The van der Waals surface area contributed by atoms with Gasteiger partial charge in [-0.2, -0.15) is 0 Å². The van der Waals surface area contributed by atoms with Crippen LogP contribution >= 0.6 is 11.6 Å². The summed E-state index contributed by atoms with van der Waals surface area (Å²) >= 11 is 5.94. The van der Waals surface area contributed by atoms with Crippen molar-refractivity contribution in [3.63, 3.8) is 0 Å². The minimum absolute atomic E-state index is 0.682. The highest BCUT2D eigenvalue weighted by Gasteiger charge is 2.27. The number of rotatable bonds is 1. The van der Waals surface area contributed by atoms with Crippen molar-refractivity contribution in [3.8, 4) is 5.69 Å². The second kappa shape index (κ2) is 7.39. The van der Waals surface area contributed by atoms with Crippen molar-refractivity contribution in [2.75, 3.05) is 5.43 Å². The normalized spacial score (nSPS) is 13.9. The molecule has 4 rings (SSSR count). The van der Waals surface area contributed by atoms with Crippen LogP contribution in [-0.4, -0.2) is 32.9 Å². The van der Waals surface area contributed by atoms with Crippen molar-refractivity contribution in [2.45, 2.75) is 6.92 Å². The van der Waals surface area contributed by atoms with Crippen LogP contribution in [0.2, 0.25) is 5.02 Å². The fourth-order valence-electron chi connectivity index (χ4n) is 2.49. The molecule has 11 heteroatoms. The van der Waals surface area contributed by atoms with Crippen LogP contribution in [0.1, 0.15) is 11.1 Å². The molecule has 1 aliphatic heterocycles. The number of fused-ring (bicyclic) bond motifs is 3. The van der Waals surface area contributed by atoms with Gasteiger partial charge in [-0.05, 0) is 42.8 Å². The molecule has 0 unspecified atom stereocenters. The first-order valence-electron chi connectivity index (χ1n) is 7.75. The fraction of sp³-hybridized carbons (Fsp3) is 0.0625. The van der Waals surface area contributed by atoms with E-state index in [9.17, 15) is 17.3 Å². The van der Waals surface area contributed by atoms with Gasteiger partial charge in [-0.1, -0.05) is 22.4 Å². The smallest absolute Gasteiger partial charge is 0.418 e. The summed E-state index contributed by atoms with van der Waals surface area (Å²) in [5, 5.41) is 8.80.